The highest BCUT2D eigenvalue weighted by atomic mass is 15.2. The second-order valence-corrected chi connectivity index (χ2v) is 2.46. The highest BCUT2D eigenvalue weighted by molar-refractivity contribution is 5.76. The van der Waals surface area contributed by atoms with Gasteiger partial charge in [-0.1, -0.05) is 24.3 Å². The first kappa shape index (κ1) is 9.07. The van der Waals surface area contributed by atoms with Gasteiger partial charge in [0.05, 0.1) is 6.54 Å². The fraction of sp³-hybridized carbons (Fsp3) is 0.111. The Kier molecular flexibility index (Phi) is 2.87. The van der Waals surface area contributed by atoms with Gasteiger partial charge in [-0.15, -0.1) is 0 Å². The van der Waals surface area contributed by atoms with Gasteiger partial charge in [0.2, 0.25) is 5.96 Å². The zero-order valence-corrected chi connectivity index (χ0v) is 6.99. The first-order chi connectivity index (χ1) is 6.24. The number of hydrogen-bond acceptors (Lipinski definition) is 2. The summed E-state index contributed by atoms with van der Waals surface area (Å²) in [5.41, 5.74) is 6.00. The summed E-state index contributed by atoms with van der Waals surface area (Å²) >= 11 is 0. The molecule has 0 bridgehead atoms. The molecule has 1 aromatic rings. The first-order valence-corrected chi connectivity index (χ1v) is 3.71. The predicted octanol–water partition coefficient (Wildman–Crippen LogP) is 0.663. The maximum atomic E-state index is 8.60. The molecule has 0 unspecified atom stereocenters. The minimum absolute atomic E-state index is 0.250. The molecule has 0 aliphatic carbocycles. The van der Waals surface area contributed by atoms with Crippen molar-refractivity contribution in [2.75, 3.05) is 0 Å². The second kappa shape index (κ2) is 4.12. The molecule has 0 heterocycles. The lowest BCUT2D eigenvalue weighted by atomic mass is 10.2. The van der Waals surface area contributed by atoms with Gasteiger partial charge in [0.25, 0.3) is 0 Å². The lowest BCUT2D eigenvalue weighted by Crippen LogP contribution is -2.31. The first-order valence-electron chi connectivity index (χ1n) is 3.71. The summed E-state index contributed by atoms with van der Waals surface area (Å²) < 4.78 is 0. The number of nitrogens with zero attached hydrogens (tertiary/aromatic N) is 2. The van der Waals surface area contributed by atoms with E-state index in [-0.39, 0.29) is 5.96 Å². The molecule has 0 saturated heterocycles. The van der Waals surface area contributed by atoms with Crippen LogP contribution in [0.3, 0.4) is 0 Å². The average molecular weight is 173 g/mol. The van der Waals surface area contributed by atoms with Crippen LogP contribution in [0, 0.1) is 22.9 Å². The third-order valence-corrected chi connectivity index (χ3v) is 1.51. The average Bonchev–Trinajstić information content (AvgIpc) is 2.15. The van der Waals surface area contributed by atoms with Crippen molar-refractivity contribution in [2.24, 2.45) is 5.73 Å². The Morgan fingerprint density at radius 1 is 1.69 bits per heavy atom. The molecule has 1 aromatic carbocycles. The second-order valence-electron chi connectivity index (χ2n) is 2.46. The van der Waals surface area contributed by atoms with Gasteiger partial charge >= 0.3 is 0 Å². The third-order valence-electron chi connectivity index (χ3n) is 1.51. The third kappa shape index (κ3) is 2.49. The van der Waals surface area contributed by atoms with Crippen LogP contribution in [0.15, 0.2) is 24.3 Å². The van der Waals surface area contributed by atoms with E-state index in [0.29, 0.717) is 6.54 Å². The van der Waals surface area contributed by atoms with Crippen LogP contribution in [-0.4, -0.2) is 10.9 Å². The van der Waals surface area contributed by atoms with Crippen molar-refractivity contribution in [3.05, 3.63) is 35.9 Å². The minimum Gasteiger partial charge on any atom is -0.369 e. The van der Waals surface area contributed by atoms with E-state index in [1.165, 1.54) is 0 Å². The van der Waals surface area contributed by atoms with Gasteiger partial charge in [0.15, 0.2) is 6.19 Å². The maximum absolute atomic E-state index is 8.60. The van der Waals surface area contributed by atoms with E-state index in [0.717, 1.165) is 10.5 Å². The monoisotopic (exact) mass is 173 g/mol. The molecule has 1 rings (SSSR count). The zero-order chi connectivity index (χ0) is 9.68. The standard InChI is InChI=1S/C9H9N4/c10-7-13(9(11)12)6-8-4-2-1-3-5-8/h1-4H,6H2,(H3,11,12). The molecule has 0 atom stereocenters. The van der Waals surface area contributed by atoms with Gasteiger partial charge in [-0.2, -0.15) is 5.26 Å². The van der Waals surface area contributed by atoms with Crippen LogP contribution in [0.5, 0.6) is 0 Å². The van der Waals surface area contributed by atoms with Gasteiger partial charge in [0, 0.05) is 0 Å². The Morgan fingerprint density at radius 2 is 2.46 bits per heavy atom. The Labute approximate surface area is 76.7 Å². The fourth-order valence-electron chi connectivity index (χ4n) is 0.874. The molecule has 0 aliphatic rings. The molecule has 0 aliphatic heterocycles. The smallest absolute Gasteiger partial charge is 0.202 e. The van der Waals surface area contributed by atoms with Gasteiger partial charge in [-0.05, 0) is 11.6 Å². The van der Waals surface area contributed by atoms with Crippen LogP contribution in [0.4, 0.5) is 0 Å². The number of rotatable bonds is 2. The van der Waals surface area contributed by atoms with Gasteiger partial charge in [0.1, 0.15) is 0 Å². The molecule has 0 spiro atoms. The van der Waals surface area contributed by atoms with Crippen LogP contribution < -0.4 is 5.73 Å². The molecular formula is C9H9N4. The summed E-state index contributed by atoms with van der Waals surface area (Å²) in [6.45, 7) is 0.298. The van der Waals surface area contributed by atoms with E-state index in [4.69, 9.17) is 16.4 Å². The molecule has 0 saturated carbocycles. The Morgan fingerprint density at radius 3 is 2.92 bits per heavy atom. The normalized spacial score (nSPS) is 8.85. The fourth-order valence-corrected chi connectivity index (χ4v) is 0.874. The number of benzene rings is 1. The lowest BCUT2D eigenvalue weighted by Gasteiger charge is -2.11. The molecule has 0 amide bonds. The van der Waals surface area contributed by atoms with Crippen molar-refractivity contribution in [3.8, 4) is 6.19 Å². The summed E-state index contributed by atoms with van der Waals surface area (Å²) in [6, 6.07) is 10.2. The zero-order valence-electron chi connectivity index (χ0n) is 6.99. The number of nitrogens with two attached hydrogens (primary N) is 1. The maximum Gasteiger partial charge on any atom is 0.202 e. The number of nitrogens with one attached hydrogen (secondary N) is 1. The summed E-state index contributed by atoms with van der Waals surface area (Å²) in [4.78, 5) is 1.09. The number of nitriles is 1. The largest absolute Gasteiger partial charge is 0.369 e. The Bertz CT molecular complexity index is 325. The SMILES string of the molecule is N#CN(Cc1[c]cccc1)C(=N)N. The summed E-state index contributed by atoms with van der Waals surface area (Å²) in [6.07, 6.45) is 1.81. The minimum atomic E-state index is -0.250. The van der Waals surface area contributed by atoms with Crippen molar-refractivity contribution >= 4 is 5.96 Å². The highest BCUT2D eigenvalue weighted by Crippen LogP contribution is 2.01. The van der Waals surface area contributed by atoms with Crippen molar-refractivity contribution in [2.45, 2.75) is 6.54 Å². The molecule has 1 radical (unpaired) electrons. The molecule has 0 fully saturated rings. The molecule has 13 heavy (non-hydrogen) atoms. The van der Waals surface area contributed by atoms with Crippen LogP contribution in [0.2, 0.25) is 0 Å². The quantitative estimate of drug-likeness (QED) is 0.298. The highest BCUT2D eigenvalue weighted by Gasteiger charge is 2.04. The summed E-state index contributed by atoms with van der Waals surface area (Å²) in [5, 5.41) is 15.7. The van der Waals surface area contributed by atoms with E-state index < -0.39 is 0 Å². The van der Waals surface area contributed by atoms with Gasteiger partial charge in [-0.3, -0.25) is 5.41 Å². The molecular weight excluding hydrogens is 164 g/mol. The van der Waals surface area contributed by atoms with E-state index in [9.17, 15) is 0 Å². The van der Waals surface area contributed by atoms with Crippen LogP contribution in [0.1, 0.15) is 5.56 Å². The summed E-state index contributed by atoms with van der Waals surface area (Å²) in [7, 11) is 0. The van der Waals surface area contributed by atoms with E-state index in [2.05, 4.69) is 6.07 Å². The molecule has 4 nitrogen and oxygen atoms in total. The summed E-state index contributed by atoms with van der Waals surface area (Å²) in [5.74, 6) is -0.250. The van der Waals surface area contributed by atoms with Gasteiger partial charge < -0.3 is 5.73 Å². The van der Waals surface area contributed by atoms with E-state index >= 15 is 0 Å². The van der Waals surface area contributed by atoms with Crippen molar-refractivity contribution < 1.29 is 0 Å². The Hall–Kier alpha value is -2.02. The number of guanidine groups is 1. The van der Waals surface area contributed by atoms with Crippen LogP contribution in [-0.2, 0) is 6.54 Å². The Balaban J connectivity index is 2.69. The topological polar surface area (TPSA) is 76.9 Å². The molecule has 0 aromatic heterocycles. The molecule has 3 N–H and O–H groups in total. The lowest BCUT2D eigenvalue weighted by molar-refractivity contribution is 0.560. The van der Waals surface area contributed by atoms with E-state index in [1.54, 1.807) is 6.07 Å². The van der Waals surface area contributed by atoms with Crippen LogP contribution >= 0.6 is 0 Å². The van der Waals surface area contributed by atoms with E-state index in [1.807, 2.05) is 24.4 Å². The van der Waals surface area contributed by atoms with Crippen molar-refractivity contribution in [1.29, 1.82) is 10.7 Å². The molecule has 65 valence electrons. The van der Waals surface area contributed by atoms with Crippen molar-refractivity contribution in [1.82, 2.24) is 4.90 Å². The number of hydrogen-bond donors (Lipinski definition) is 2. The molecule has 4 heteroatoms. The van der Waals surface area contributed by atoms with Crippen LogP contribution in [0.25, 0.3) is 0 Å². The van der Waals surface area contributed by atoms with Crippen molar-refractivity contribution in [3.63, 3.8) is 0 Å². The predicted molar refractivity (Wildman–Crippen MR) is 48.3 cm³/mol. The van der Waals surface area contributed by atoms with Gasteiger partial charge in [-0.25, -0.2) is 4.90 Å².